The highest BCUT2D eigenvalue weighted by Crippen LogP contribution is 2.21. The molecule has 1 aromatic rings. The average molecular weight is 312 g/mol. The first-order valence-corrected chi connectivity index (χ1v) is 9.20. The number of nitrogens with zero attached hydrogens (tertiary/aromatic N) is 3. The molecule has 0 aromatic carbocycles. The summed E-state index contributed by atoms with van der Waals surface area (Å²) in [5.41, 5.74) is 0. The monoisotopic (exact) mass is 312 g/mol. The van der Waals surface area contributed by atoms with Crippen molar-refractivity contribution in [1.29, 1.82) is 0 Å². The van der Waals surface area contributed by atoms with E-state index in [1.165, 1.54) is 0 Å². The highest BCUT2D eigenvalue weighted by Gasteiger charge is 2.31. The summed E-state index contributed by atoms with van der Waals surface area (Å²) >= 11 is 0. The van der Waals surface area contributed by atoms with Gasteiger partial charge >= 0.3 is 0 Å². The van der Waals surface area contributed by atoms with Gasteiger partial charge in [0.25, 0.3) is 0 Å². The fourth-order valence-electron chi connectivity index (χ4n) is 2.37. The molecule has 1 atom stereocenters. The van der Waals surface area contributed by atoms with E-state index in [2.05, 4.69) is 29.1 Å². The summed E-state index contributed by atoms with van der Waals surface area (Å²) in [6, 6.07) is 1.83. The minimum Gasteiger partial charge on any atom is -0.355 e. The van der Waals surface area contributed by atoms with Crippen LogP contribution in [-0.4, -0.2) is 49.5 Å². The lowest BCUT2D eigenvalue weighted by Gasteiger charge is -2.24. The van der Waals surface area contributed by atoms with Crippen molar-refractivity contribution in [1.82, 2.24) is 9.97 Å². The van der Waals surface area contributed by atoms with Crippen molar-refractivity contribution >= 4 is 21.6 Å². The molecule has 118 valence electrons. The Labute approximate surface area is 126 Å². The van der Waals surface area contributed by atoms with Gasteiger partial charge in [0.05, 0.1) is 11.5 Å². The molecule has 0 bridgehead atoms. The van der Waals surface area contributed by atoms with Gasteiger partial charge in [-0.2, -0.15) is 4.98 Å². The molecule has 0 aliphatic carbocycles. The van der Waals surface area contributed by atoms with E-state index in [1.807, 2.05) is 18.0 Å². The molecule has 2 heterocycles. The summed E-state index contributed by atoms with van der Waals surface area (Å²) in [5.74, 6) is 2.47. The highest BCUT2D eigenvalue weighted by molar-refractivity contribution is 7.91. The number of rotatable bonds is 6. The van der Waals surface area contributed by atoms with Crippen LogP contribution in [0.2, 0.25) is 0 Å². The van der Waals surface area contributed by atoms with Gasteiger partial charge in [0.15, 0.2) is 9.84 Å². The molecule has 2 rings (SSSR count). The Balaban J connectivity index is 2.00. The Morgan fingerprint density at radius 3 is 2.86 bits per heavy atom. The van der Waals surface area contributed by atoms with Gasteiger partial charge in [-0.05, 0) is 24.8 Å². The van der Waals surface area contributed by atoms with E-state index in [-0.39, 0.29) is 17.5 Å². The standard InChI is InChI=1S/C14H24N4O2S/c1-11(2)4-7-15-14-16-8-5-13(17-14)18(3)12-6-9-21(19,20)10-12/h5,8,11-12H,4,6-7,9-10H2,1-3H3,(H,15,16,17). The molecule has 1 aliphatic rings. The van der Waals surface area contributed by atoms with E-state index in [9.17, 15) is 8.42 Å². The Hall–Kier alpha value is -1.37. The van der Waals surface area contributed by atoms with Gasteiger partial charge in [0.2, 0.25) is 5.95 Å². The molecular formula is C14H24N4O2S. The molecule has 1 N–H and O–H groups in total. The quantitative estimate of drug-likeness (QED) is 0.859. The van der Waals surface area contributed by atoms with Crippen LogP contribution in [0.15, 0.2) is 12.3 Å². The first kappa shape index (κ1) is 16.0. The van der Waals surface area contributed by atoms with Crippen molar-refractivity contribution in [3.63, 3.8) is 0 Å². The molecule has 1 aliphatic heterocycles. The average Bonchev–Trinajstić information content (AvgIpc) is 2.78. The zero-order valence-corrected chi connectivity index (χ0v) is 13.7. The van der Waals surface area contributed by atoms with Crippen molar-refractivity contribution in [2.24, 2.45) is 5.92 Å². The second-order valence-electron chi connectivity index (χ2n) is 6.02. The number of hydrogen-bond acceptors (Lipinski definition) is 6. The van der Waals surface area contributed by atoms with Crippen LogP contribution >= 0.6 is 0 Å². The summed E-state index contributed by atoms with van der Waals surface area (Å²) in [5, 5.41) is 3.21. The normalized spacial score (nSPS) is 20.7. The van der Waals surface area contributed by atoms with Gasteiger partial charge in [-0.3, -0.25) is 0 Å². The van der Waals surface area contributed by atoms with Crippen LogP contribution in [-0.2, 0) is 9.84 Å². The van der Waals surface area contributed by atoms with Gasteiger partial charge in [-0.25, -0.2) is 13.4 Å². The SMILES string of the molecule is CC(C)CCNc1nccc(N(C)C2CCS(=O)(=O)C2)n1. The van der Waals surface area contributed by atoms with E-state index >= 15 is 0 Å². The predicted molar refractivity (Wildman–Crippen MR) is 85.4 cm³/mol. The van der Waals surface area contributed by atoms with Gasteiger partial charge < -0.3 is 10.2 Å². The van der Waals surface area contributed by atoms with Gasteiger partial charge in [-0.15, -0.1) is 0 Å². The third kappa shape index (κ3) is 4.56. The van der Waals surface area contributed by atoms with Gasteiger partial charge in [0, 0.05) is 25.8 Å². The largest absolute Gasteiger partial charge is 0.355 e. The topological polar surface area (TPSA) is 75.2 Å². The molecule has 7 heteroatoms. The third-order valence-corrected chi connectivity index (χ3v) is 5.51. The second-order valence-corrected chi connectivity index (χ2v) is 8.24. The Morgan fingerprint density at radius 1 is 1.48 bits per heavy atom. The van der Waals surface area contributed by atoms with Crippen LogP contribution in [0.25, 0.3) is 0 Å². The minimum absolute atomic E-state index is 0.00779. The van der Waals surface area contributed by atoms with E-state index in [0.29, 0.717) is 18.3 Å². The third-order valence-electron chi connectivity index (χ3n) is 3.76. The summed E-state index contributed by atoms with van der Waals surface area (Å²) in [7, 11) is -0.988. The molecule has 1 fully saturated rings. The van der Waals surface area contributed by atoms with Gasteiger partial charge in [-0.1, -0.05) is 13.8 Å². The zero-order valence-electron chi connectivity index (χ0n) is 12.9. The number of hydrogen-bond donors (Lipinski definition) is 1. The van der Waals surface area contributed by atoms with E-state index in [1.54, 1.807) is 6.20 Å². The van der Waals surface area contributed by atoms with Crippen LogP contribution < -0.4 is 10.2 Å². The number of sulfone groups is 1. The lowest BCUT2D eigenvalue weighted by Crippen LogP contribution is -2.33. The highest BCUT2D eigenvalue weighted by atomic mass is 32.2. The fraction of sp³-hybridized carbons (Fsp3) is 0.714. The Morgan fingerprint density at radius 2 is 2.24 bits per heavy atom. The van der Waals surface area contributed by atoms with Crippen molar-refractivity contribution in [3.05, 3.63) is 12.3 Å². The maximum Gasteiger partial charge on any atom is 0.224 e. The molecule has 0 spiro atoms. The lowest BCUT2D eigenvalue weighted by atomic mass is 10.1. The minimum atomic E-state index is -2.88. The Kier molecular flexibility index (Phi) is 5.03. The van der Waals surface area contributed by atoms with Crippen molar-refractivity contribution < 1.29 is 8.42 Å². The maximum absolute atomic E-state index is 11.6. The predicted octanol–water partition coefficient (Wildman–Crippen LogP) is 1.56. The van der Waals surface area contributed by atoms with Crippen LogP contribution in [0.1, 0.15) is 26.7 Å². The number of anilines is 2. The van der Waals surface area contributed by atoms with Crippen LogP contribution in [0.5, 0.6) is 0 Å². The van der Waals surface area contributed by atoms with Crippen molar-refractivity contribution in [2.75, 3.05) is 35.3 Å². The lowest BCUT2D eigenvalue weighted by molar-refractivity contribution is 0.600. The first-order chi connectivity index (χ1) is 9.87. The zero-order chi connectivity index (χ0) is 15.5. The van der Waals surface area contributed by atoms with Gasteiger partial charge in [0.1, 0.15) is 5.82 Å². The number of nitrogens with one attached hydrogen (secondary N) is 1. The summed E-state index contributed by atoms with van der Waals surface area (Å²) < 4.78 is 23.2. The molecule has 6 nitrogen and oxygen atoms in total. The second kappa shape index (κ2) is 6.60. The molecule has 1 aromatic heterocycles. The Bertz CT molecular complexity index is 574. The molecule has 21 heavy (non-hydrogen) atoms. The number of aromatic nitrogens is 2. The van der Waals surface area contributed by atoms with Crippen LogP contribution in [0.3, 0.4) is 0 Å². The molecule has 0 saturated carbocycles. The molecule has 0 amide bonds. The smallest absolute Gasteiger partial charge is 0.224 e. The van der Waals surface area contributed by atoms with E-state index < -0.39 is 9.84 Å². The van der Waals surface area contributed by atoms with Crippen LogP contribution in [0, 0.1) is 5.92 Å². The fourth-order valence-corrected chi connectivity index (χ4v) is 4.15. The summed E-state index contributed by atoms with van der Waals surface area (Å²) in [6.45, 7) is 5.18. The van der Waals surface area contributed by atoms with E-state index in [0.717, 1.165) is 18.8 Å². The molecule has 1 saturated heterocycles. The van der Waals surface area contributed by atoms with Crippen molar-refractivity contribution in [2.45, 2.75) is 32.7 Å². The molecule has 1 unspecified atom stereocenters. The summed E-state index contributed by atoms with van der Waals surface area (Å²) in [4.78, 5) is 10.6. The van der Waals surface area contributed by atoms with E-state index in [4.69, 9.17) is 0 Å². The summed E-state index contributed by atoms with van der Waals surface area (Å²) in [6.07, 6.45) is 3.43. The first-order valence-electron chi connectivity index (χ1n) is 7.37. The van der Waals surface area contributed by atoms with Crippen LogP contribution in [0.4, 0.5) is 11.8 Å². The molecular weight excluding hydrogens is 288 g/mol. The van der Waals surface area contributed by atoms with Crippen molar-refractivity contribution in [3.8, 4) is 0 Å². The molecule has 0 radical (unpaired) electrons. The maximum atomic E-state index is 11.6.